The second-order valence-corrected chi connectivity index (χ2v) is 9.81. The fourth-order valence-corrected chi connectivity index (χ4v) is 4.87. The van der Waals surface area contributed by atoms with Gasteiger partial charge in [0.05, 0.1) is 21.2 Å². The summed E-state index contributed by atoms with van der Waals surface area (Å²) in [5.74, 6) is -0.950. The number of aryl methyl sites for hydroxylation is 2. The van der Waals surface area contributed by atoms with E-state index < -0.39 is 15.7 Å². The Morgan fingerprint density at radius 3 is 2.48 bits per heavy atom. The number of carbonyl (C=O) groups is 2. The number of nitrogens with one attached hydrogen (secondary N) is 1. The normalized spacial score (nSPS) is 13.1. The van der Waals surface area contributed by atoms with Crippen LogP contribution in [0.15, 0.2) is 41.3 Å². The van der Waals surface area contributed by atoms with E-state index in [1.807, 2.05) is 6.07 Å². The van der Waals surface area contributed by atoms with Crippen molar-refractivity contribution in [1.82, 2.24) is 4.90 Å². The first kappa shape index (κ1) is 21.3. The van der Waals surface area contributed by atoms with E-state index >= 15 is 0 Å². The first-order valence-electron chi connectivity index (χ1n) is 9.33. The van der Waals surface area contributed by atoms with Gasteiger partial charge in [0.25, 0.3) is 5.91 Å². The number of benzene rings is 2. The minimum absolute atomic E-state index is 0.171. The molecule has 0 saturated carbocycles. The van der Waals surface area contributed by atoms with Crippen LogP contribution in [0.4, 0.5) is 5.69 Å². The maximum Gasteiger partial charge on any atom is 0.254 e. The summed E-state index contributed by atoms with van der Waals surface area (Å²) in [6, 6.07) is 9.80. The molecule has 2 aromatic carbocycles. The van der Waals surface area contributed by atoms with E-state index in [0.717, 1.165) is 24.8 Å². The smallest absolute Gasteiger partial charge is 0.254 e. The number of rotatable bonds is 6. The molecule has 0 saturated heterocycles. The Labute approximate surface area is 175 Å². The van der Waals surface area contributed by atoms with Crippen molar-refractivity contribution in [2.75, 3.05) is 25.2 Å². The minimum Gasteiger partial charge on any atom is -0.345 e. The van der Waals surface area contributed by atoms with Gasteiger partial charge in [0.15, 0.2) is 9.84 Å². The second-order valence-electron chi connectivity index (χ2n) is 7.30. The van der Waals surface area contributed by atoms with E-state index in [1.165, 1.54) is 22.6 Å². The summed E-state index contributed by atoms with van der Waals surface area (Å²) < 4.78 is 25.2. The number of nitrogens with zero attached hydrogens (tertiary/aromatic N) is 1. The predicted molar refractivity (Wildman–Crippen MR) is 113 cm³/mol. The quantitative estimate of drug-likeness (QED) is 0.755. The van der Waals surface area contributed by atoms with Gasteiger partial charge in [-0.25, -0.2) is 8.42 Å². The zero-order chi connectivity index (χ0) is 21.2. The average Bonchev–Trinajstić information content (AvgIpc) is 3.14. The Bertz CT molecular complexity index is 1060. The van der Waals surface area contributed by atoms with Crippen LogP contribution in [0, 0.1) is 0 Å². The highest BCUT2D eigenvalue weighted by Gasteiger charge is 2.20. The van der Waals surface area contributed by atoms with E-state index in [0.29, 0.717) is 11.3 Å². The summed E-state index contributed by atoms with van der Waals surface area (Å²) in [6.45, 7) is 0. The summed E-state index contributed by atoms with van der Waals surface area (Å²) in [6.07, 6.45) is 2.75. The molecule has 2 amide bonds. The topological polar surface area (TPSA) is 83.6 Å². The highest BCUT2D eigenvalue weighted by molar-refractivity contribution is 7.91. The second kappa shape index (κ2) is 8.55. The fourth-order valence-electron chi connectivity index (χ4n) is 3.32. The molecule has 1 aliphatic rings. The lowest BCUT2D eigenvalue weighted by molar-refractivity contribution is -0.115. The number of hydrogen-bond acceptors (Lipinski definition) is 4. The molecular weight excluding hydrogens is 412 g/mol. The Morgan fingerprint density at radius 1 is 1.07 bits per heavy atom. The molecule has 1 aliphatic carbocycles. The van der Waals surface area contributed by atoms with Gasteiger partial charge in [-0.05, 0) is 60.7 Å². The Hall–Kier alpha value is -2.38. The summed E-state index contributed by atoms with van der Waals surface area (Å²) in [4.78, 5) is 25.9. The lowest BCUT2D eigenvalue weighted by atomic mass is 10.1. The Morgan fingerprint density at radius 2 is 1.79 bits per heavy atom. The van der Waals surface area contributed by atoms with Crippen LogP contribution >= 0.6 is 11.6 Å². The number of halogens is 1. The van der Waals surface area contributed by atoms with Gasteiger partial charge in [-0.3, -0.25) is 9.59 Å². The molecule has 0 fully saturated rings. The number of amides is 2. The first-order valence-corrected chi connectivity index (χ1v) is 11.4. The maximum absolute atomic E-state index is 12.6. The SMILES string of the molecule is CN(C)C(=O)c1ccc(NC(=O)CCS(=O)(=O)c2ccc3c(c2)CCC3)cc1Cl. The lowest BCUT2D eigenvalue weighted by Crippen LogP contribution is -2.22. The summed E-state index contributed by atoms with van der Waals surface area (Å²) >= 11 is 6.13. The van der Waals surface area contributed by atoms with Crippen molar-refractivity contribution >= 4 is 38.9 Å². The van der Waals surface area contributed by atoms with Crippen molar-refractivity contribution in [3.8, 4) is 0 Å². The minimum atomic E-state index is -3.54. The van der Waals surface area contributed by atoms with Crippen molar-refractivity contribution in [2.45, 2.75) is 30.6 Å². The molecule has 1 N–H and O–H groups in total. The van der Waals surface area contributed by atoms with Crippen molar-refractivity contribution in [1.29, 1.82) is 0 Å². The number of fused-ring (bicyclic) bond motifs is 1. The summed E-state index contributed by atoms with van der Waals surface area (Å²) in [5, 5.41) is 2.85. The zero-order valence-electron chi connectivity index (χ0n) is 16.4. The van der Waals surface area contributed by atoms with Gasteiger partial charge in [0, 0.05) is 26.2 Å². The van der Waals surface area contributed by atoms with Gasteiger partial charge in [0.1, 0.15) is 0 Å². The third-order valence-corrected chi connectivity index (χ3v) is 6.94. The Kier molecular flexibility index (Phi) is 6.29. The van der Waals surface area contributed by atoms with Gasteiger partial charge >= 0.3 is 0 Å². The molecule has 0 aromatic heterocycles. The summed E-state index contributed by atoms with van der Waals surface area (Å²) in [5.41, 5.74) is 3.02. The number of hydrogen-bond donors (Lipinski definition) is 1. The zero-order valence-corrected chi connectivity index (χ0v) is 17.9. The molecule has 0 spiro atoms. The fraction of sp³-hybridized carbons (Fsp3) is 0.333. The lowest BCUT2D eigenvalue weighted by Gasteiger charge is -2.13. The van der Waals surface area contributed by atoms with E-state index in [2.05, 4.69) is 5.32 Å². The van der Waals surface area contributed by atoms with Crippen LogP contribution in [0.25, 0.3) is 0 Å². The van der Waals surface area contributed by atoms with E-state index in [9.17, 15) is 18.0 Å². The Balaban J connectivity index is 1.62. The van der Waals surface area contributed by atoms with Crippen LogP contribution in [-0.2, 0) is 27.5 Å². The highest BCUT2D eigenvalue weighted by atomic mass is 35.5. The van der Waals surface area contributed by atoms with Crippen LogP contribution in [-0.4, -0.2) is 45.0 Å². The van der Waals surface area contributed by atoms with Gasteiger partial charge in [-0.2, -0.15) is 0 Å². The molecule has 0 aliphatic heterocycles. The molecule has 3 rings (SSSR count). The van der Waals surface area contributed by atoms with Gasteiger partial charge in [0.2, 0.25) is 5.91 Å². The standard InChI is InChI=1S/C21H23ClN2O4S/c1-24(2)21(26)18-9-7-16(13-19(18)22)23-20(25)10-11-29(27,28)17-8-6-14-4-3-5-15(14)12-17/h6-9,12-13H,3-5,10-11H2,1-2H3,(H,23,25). The molecule has 0 atom stereocenters. The van der Waals surface area contributed by atoms with E-state index in [4.69, 9.17) is 11.6 Å². The molecule has 6 nitrogen and oxygen atoms in total. The summed E-state index contributed by atoms with van der Waals surface area (Å²) in [7, 11) is -0.300. The highest BCUT2D eigenvalue weighted by Crippen LogP contribution is 2.26. The van der Waals surface area contributed by atoms with Crippen molar-refractivity contribution in [3.63, 3.8) is 0 Å². The molecule has 8 heteroatoms. The van der Waals surface area contributed by atoms with Crippen LogP contribution < -0.4 is 5.32 Å². The number of anilines is 1. The van der Waals surface area contributed by atoms with Crippen molar-refractivity contribution in [3.05, 3.63) is 58.1 Å². The largest absolute Gasteiger partial charge is 0.345 e. The number of sulfone groups is 1. The van der Waals surface area contributed by atoms with Crippen LogP contribution in [0.1, 0.15) is 34.3 Å². The predicted octanol–water partition coefficient (Wildman–Crippen LogP) is 3.33. The van der Waals surface area contributed by atoms with Crippen molar-refractivity contribution in [2.24, 2.45) is 0 Å². The van der Waals surface area contributed by atoms with Crippen LogP contribution in [0.5, 0.6) is 0 Å². The molecule has 0 unspecified atom stereocenters. The van der Waals surface area contributed by atoms with Crippen LogP contribution in [0.2, 0.25) is 5.02 Å². The molecule has 0 radical (unpaired) electrons. The van der Waals surface area contributed by atoms with Gasteiger partial charge < -0.3 is 10.2 Å². The van der Waals surface area contributed by atoms with Gasteiger partial charge in [-0.1, -0.05) is 17.7 Å². The molecule has 0 bridgehead atoms. The van der Waals surface area contributed by atoms with Crippen molar-refractivity contribution < 1.29 is 18.0 Å². The van der Waals surface area contributed by atoms with Gasteiger partial charge in [-0.15, -0.1) is 0 Å². The molecular formula is C21H23ClN2O4S. The molecule has 2 aromatic rings. The molecule has 29 heavy (non-hydrogen) atoms. The van der Waals surface area contributed by atoms with E-state index in [1.54, 1.807) is 32.3 Å². The van der Waals surface area contributed by atoms with Crippen LogP contribution in [0.3, 0.4) is 0 Å². The average molecular weight is 435 g/mol. The molecule has 0 heterocycles. The third kappa shape index (κ3) is 4.97. The number of carbonyl (C=O) groups excluding carboxylic acids is 2. The first-order chi connectivity index (χ1) is 13.7. The maximum atomic E-state index is 12.6. The van der Waals surface area contributed by atoms with E-state index in [-0.39, 0.29) is 28.0 Å². The third-order valence-electron chi connectivity index (χ3n) is 4.92. The molecule has 154 valence electrons. The monoisotopic (exact) mass is 434 g/mol.